The highest BCUT2D eigenvalue weighted by Gasteiger charge is 2.45. The van der Waals surface area contributed by atoms with Crippen molar-refractivity contribution in [1.82, 2.24) is 52.3 Å². The van der Waals surface area contributed by atoms with Crippen LogP contribution in [0.2, 0.25) is 0 Å². The summed E-state index contributed by atoms with van der Waals surface area (Å²) in [7, 11) is 3.26. The van der Waals surface area contributed by atoms with E-state index in [2.05, 4.69) is 78.3 Å². The number of likely N-dealkylation sites (N-methyl/N-ethyl adjacent to an activating group) is 2. The minimum absolute atomic E-state index is 0.00216. The van der Waals surface area contributed by atoms with Crippen molar-refractivity contribution < 1.29 is 33.6 Å². The summed E-state index contributed by atoms with van der Waals surface area (Å²) < 4.78 is 0. The molecule has 2 aliphatic carbocycles. The summed E-state index contributed by atoms with van der Waals surface area (Å²) >= 11 is 0. The van der Waals surface area contributed by atoms with Gasteiger partial charge in [0.25, 0.3) is 5.91 Å². The van der Waals surface area contributed by atoms with E-state index in [0.717, 1.165) is 60.8 Å². The van der Waals surface area contributed by atoms with Crippen molar-refractivity contribution in [3.8, 4) is 23.7 Å². The quantitative estimate of drug-likeness (QED) is 0.0630. The maximum absolute atomic E-state index is 14.9. The van der Waals surface area contributed by atoms with Gasteiger partial charge in [0.1, 0.15) is 24.2 Å². The molecule has 7 amide bonds. The standard InChI is InChI=1S/C63H76N10O7/c1-40(43-22-10-8-11-23-43)66-47-36-55(60(77)68-51-34-20-28-44-24-16-18-30-49(44)51)72(38-47)62(79)53(70-57(74)41(2)64-4)32-14-6-7-15-33-54(71-58(75)42(3)65-5)63(80)73-39-48(67-59(76)46-26-12-9-13-27-46)37-56(73)61(78)69-52-35-21-29-45-25-17-19-31-50(45)52/h8-13,16-19,22-27,30-31,40-42,47-48,51-56,64-66H,20-21,28-29,32-39H2,1-5H3,(H,67,76)(H,68,77)(H,69,78)(H,70,74)(H,71,75)/t40?,41-,42-,47-,48-,51+,52+,53-,54-,55-,56-/m0/s1. The summed E-state index contributed by atoms with van der Waals surface area (Å²) in [6.45, 7) is 5.58. The van der Waals surface area contributed by atoms with Crippen LogP contribution in [0.25, 0.3) is 0 Å². The average molecular weight is 1090 g/mol. The highest BCUT2D eigenvalue weighted by molar-refractivity contribution is 5.97. The molecule has 0 bridgehead atoms. The third-order valence-corrected chi connectivity index (χ3v) is 16.0. The first-order chi connectivity index (χ1) is 38.7. The van der Waals surface area contributed by atoms with E-state index < -0.39 is 65.9 Å². The molecule has 420 valence electrons. The molecule has 0 saturated carbocycles. The van der Waals surface area contributed by atoms with Crippen LogP contribution in [-0.4, -0.2) is 127 Å². The van der Waals surface area contributed by atoms with Crippen molar-refractivity contribution in [3.05, 3.63) is 143 Å². The van der Waals surface area contributed by atoms with Gasteiger partial charge < -0.3 is 52.3 Å². The lowest BCUT2D eigenvalue weighted by atomic mass is 9.87. The summed E-state index contributed by atoms with van der Waals surface area (Å²) in [6, 6.07) is 27.8. The lowest BCUT2D eigenvalue weighted by Crippen LogP contribution is -2.55. The van der Waals surface area contributed by atoms with Crippen LogP contribution in [0, 0.1) is 23.7 Å². The number of amides is 7. The van der Waals surface area contributed by atoms with Crippen molar-refractivity contribution in [3.63, 3.8) is 0 Å². The highest BCUT2D eigenvalue weighted by atomic mass is 16.2. The zero-order valence-corrected chi connectivity index (χ0v) is 46.5. The third kappa shape index (κ3) is 14.7. The van der Waals surface area contributed by atoms with Gasteiger partial charge in [-0.05, 0) is 138 Å². The summed E-state index contributed by atoms with van der Waals surface area (Å²) in [4.78, 5) is 102. The van der Waals surface area contributed by atoms with Crippen molar-refractivity contribution >= 4 is 41.4 Å². The second-order valence-electron chi connectivity index (χ2n) is 21.5. The van der Waals surface area contributed by atoms with Gasteiger partial charge in [-0.1, -0.05) is 109 Å². The summed E-state index contributed by atoms with van der Waals surface area (Å²) in [5.74, 6) is 8.59. The number of nitrogens with zero attached hydrogens (tertiary/aromatic N) is 2. The first-order valence-corrected chi connectivity index (χ1v) is 28.2. The second kappa shape index (κ2) is 27.9. The molecule has 4 aromatic rings. The first-order valence-electron chi connectivity index (χ1n) is 28.2. The number of carbonyl (C=O) groups is 7. The smallest absolute Gasteiger partial charge is 0.251 e. The Kier molecular flexibility index (Phi) is 20.3. The summed E-state index contributed by atoms with van der Waals surface area (Å²) in [5.41, 5.74) is 5.96. The normalized spacial score (nSPS) is 21.9. The molecule has 0 aromatic heterocycles. The zero-order chi connectivity index (χ0) is 56.7. The lowest BCUT2D eigenvalue weighted by molar-refractivity contribution is -0.141. The molecule has 2 heterocycles. The molecule has 2 saturated heterocycles. The van der Waals surface area contributed by atoms with Crippen LogP contribution in [0.3, 0.4) is 0 Å². The number of rotatable bonds is 19. The van der Waals surface area contributed by atoms with Crippen LogP contribution >= 0.6 is 0 Å². The minimum Gasteiger partial charge on any atom is -0.347 e. The Balaban J connectivity index is 1.02. The second-order valence-corrected chi connectivity index (χ2v) is 21.5. The van der Waals surface area contributed by atoms with Crippen LogP contribution in [0.4, 0.5) is 0 Å². The number of hydrogen-bond acceptors (Lipinski definition) is 10. The van der Waals surface area contributed by atoms with Gasteiger partial charge in [-0.2, -0.15) is 0 Å². The van der Waals surface area contributed by atoms with E-state index in [1.54, 1.807) is 57.1 Å². The average Bonchev–Trinajstić information content (AvgIpc) is 4.16. The molecule has 1 unspecified atom stereocenters. The number of aryl methyl sites for hydroxylation is 2. The Bertz CT molecular complexity index is 2990. The van der Waals surface area contributed by atoms with Crippen LogP contribution in [0.1, 0.15) is 128 Å². The summed E-state index contributed by atoms with van der Waals surface area (Å²) in [5, 5.41) is 24.7. The Morgan fingerprint density at radius 1 is 0.550 bits per heavy atom. The molecule has 0 spiro atoms. The maximum Gasteiger partial charge on any atom is 0.251 e. The fraction of sp³-hybridized carbons (Fsp3) is 0.444. The fourth-order valence-corrected chi connectivity index (χ4v) is 11.3. The SMILES string of the molecule is CN[C@@H](C)C(=O)N[C@@H](CC#CC#CC[C@H](NC(=O)[C@H](C)NC)C(=O)N1C[C@@H](NC(C)c2ccccc2)C[C@H]1C(=O)N[C@@H]1CCCc2ccccc21)C(=O)N1C[C@@H](NC(=O)c2ccccc2)C[C@H]1C(=O)N[C@@H]1CCCc2ccccc21. The predicted molar refractivity (Wildman–Crippen MR) is 306 cm³/mol. The largest absolute Gasteiger partial charge is 0.347 e. The van der Waals surface area contributed by atoms with E-state index in [4.69, 9.17) is 0 Å². The lowest BCUT2D eigenvalue weighted by Gasteiger charge is -2.31. The van der Waals surface area contributed by atoms with Gasteiger partial charge in [0, 0.05) is 49.6 Å². The topological polar surface area (TPSA) is 222 Å². The maximum atomic E-state index is 14.9. The molecule has 17 heteroatoms. The number of benzene rings is 4. The van der Waals surface area contributed by atoms with Gasteiger partial charge >= 0.3 is 0 Å². The monoisotopic (exact) mass is 1080 g/mol. The van der Waals surface area contributed by atoms with Gasteiger partial charge in [0.15, 0.2) is 0 Å². The molecule has 8 N–H and O–H groups in total. The van der Waals surface area contributed by atoms with Crippen molar-refractivity contribution in [1.29, 1.82) is 0 Å². The fourth-order valence-electron chi connectivity index (χ4n) is 11.3. The van der Waals surface area contributed by atoms with Crippen LogP contribution in [0.5, 0.6) is 0 Å². The molecular formula is C63H76N10O7. The van der Waals surface area contributed by atoms with E-state index in [1.807, 2.05) is 79.7 Å². The van der Waals surface area contributed by atoms with Crippen LogP contribution in [0.15, 0.2) is 109 Å². The molecule has 80 heavy (non-hydrogen) atoms. The third-order valence-electron chi connectivity index (χ3n) is 16.0. The molecule has 0 radical (unpaired) electrons. The van der Waals surface area contributed by atoms with Crippen LogP contribution in [-0.2, 0) is 41.6 Å². The minimum atomic E-state index is -1.22. The van der Waals surface area contributed by atoms with Gasteiger partial charge in [0.2, 0.25) is 35.4 Å². The van der Waals surface area contributed by atoms with E-state index in [-0.39, 0.29) is 74.2 Å². The van der Waals surface area contributed by atoms with Gasteiger partial charge in [-0.25, -0.2) is 0 Å². The molecular weight excluding hydrogens is 1010 g/mol. The van der Waals surface area contributed by atoms with Crippen molar-refractivity contribution in [2.24, 2.45) is 0 Å². The molecule has 4 aromatic carbocycles. The Morgan fingerprint density at radius 2 is 0.988 bits per heavy atom. The van der Waals surface area contributed by atoms with E-state index in [1.165, 1.54) is 10.5 Å². The zero-order valence-electron chi connectivity index (χ0n) is 46.5. The van der Waals surface area contributed by atoms with Gasteiger partial charge in [0.05, 0.1) is 24.2 Å². The number of nitrogens with one attached hydrogen (secondary N) is 8. The van der Waals surface area contributed by atoms with E-state index >= 15 is 0 Å². The number of fused-ring (bicyclic) bond motifs is 2. The Labute approximate surface area is 470 Å². The van der Waals surface area contributed by atoms with Gasteiger partial charge in [-0.3, -0.25) is 33.6 Å². The van der Waals surface area contributed by atoms with E-state index in [0.29, 0.717) is 12.0 Å². The van der Waals surface area contributed by atoms with Crippen molar-refractivity contribution in [2.45, 2.75) is 151 Å². The number of likely N-dealkylation sites (tertiary alicyclic amines) is 2. The molecule has 2 aliphatic heterocycles. The predicted octanol–water partition coefficient (Wildman–Crippen LogP) is 4.07. The summed E-state index contributed by atoms with van der Waals surface area (Å²) in [6.07, 6.45) is 5.26. The molecule has 17 nitrogen and oxygen atoms in total. The molecule has 8 rings (SSSR count). The first kappa shape index (κ1) is 58.3. The number of hydrogen-bond donors (Lipinski definition) is 8. The molecule has 11 atom stereocenters. The highest BCUT2D eigenvalue weighted by Crippen LogP contribution is 2.33. The van der Waals surface area contributed by atoms with Crippen LogP contribution < -0.4 is 42.5 Å². The Hall–Kier alpha value is -7.83. The molecule has 2 fully saturated rings. The van der Waals surface area contributed by atoms with E-state index in [9.17, 15) is 33.6 Å². The number of carbonyl (C=O) groups excluding carboxylic acids is 7. The Morgan fingerprint density at radius 3 is 1.48 bits per heavy atom. The van der Waals surface area contributed by atoms with Gasteiger partial charge in [-0.15, -0.1) is 0 Å². The van der Waals surface area contributed by atoms with Crippen molar-refractivity contribution in [2.75, 3.05) is 27.2 Å². The molecule has 4 aliphatic rings.